The van der Waals surface area contributed by atoms with Gasteiger partial charge in [-0.3, -0.25) is 0 Å². The van der Waals surface area contributed by atoms with Gasteiger partial charge in [-0.2, -0.15) is 0 Å². The lowest BCUT2D eigenvalue weighted by molar-refractivity contribution is 0.117. The van der Waals surface area contributed by atoms with Gasteiger partial charge >= 0.3 is 0 Å². The summed E-state index contributed by atoms with van der Waals surface area (Å²) in [6.45, 7) is 8.09. The van der Waals surface area contributed by atoms with Crippen molar-refractivity contribution in [2.24, 2.45) is 11.1 Å². The number of hydrogen-bond donors (Lipinski definition) is 0. The molecule has 0 saturated heterocycles. The predicted molar refractivity (Wildman–Crippen MR) is 61.7 cm³/mol. The summed E-state index contributed by atoms with van der Waals surface area (Å²) >= 11 is 0. The van der Waals surface area contributed by atoms with Crippen LogP contribution in [0.15, 0.2) is 5.16 Å². The summed E-state index contributed by atoms with van der Waals surface area (Å²) in [6.07, 6.45) is 2.17. The first kappa shape index (κ1) is 13.4. The average molecular weight is 200 g/mol. The molecule has 84 valence electrons. The van der Waals surface area contributed by atoms with E-state index in [4.69, 9.17) is 4.84 Å². The molecule has 0 saturated carbocycles. The van der Waals surface area contributed by atoms with Crippen LogP contribution >= 0.6 is 0 Å². The second-order valence-corrected chi connectivity index (χ2v) is 4.42. The van der Waals surface area contributed by atoms with E-state index in [0.717, 1.165) is 25.1 Å². The summed E-state index contributed by atoms with van der Waals surface area (Å²) in [4.78, 5) is 7.37. The van der Waals surface area contributed by atoms with Gasteiger partial charge in [-0.05, 0) is 46.3 Å². The highest BCUT2D eigenvalue weighted by Crippen LogP contribution is 1.97. The van der Waals surface area contributed by atoms with Crippen molar-refractivity contribution in [3.05, 3.63) is 0 Å². The first-order valence-corrected chi connectivity index (χ1v) is 5.32. The van der Waals surface area contributed by atoms with Crippen molar-refractivity contribution in [2.45, 2.75) is 33.6 Å². The number of nitrogens with zero attached hydrogens (tertiary/aromatic N) is 2. The molecule has 0 bridgehead atoms. The van der Waals surface area contributed by atoms with E-state index in [2.05, 4.69) is 38.0 Å². The summed E-state index contributed by atoms with van der Waals surface area (Å²) in [6, 6.07) is 0. The lowest BCUT2D eigenvalue weighted by atomic mass is 10.2. The third-order valence-corrected chi connectivity index (χ3v) is 1.77. The number of hydrogen-bond acceptors (Lipinski definition) is 3. The first-order chi connectivity index (χ1) is 6.52. The molecular weight excluding hydrogens is 176 g/mol. The second kappa shape index (κ2) is 7.80. The van der Waals surface area contributed by atoms with Gasteiger partial charge in [0.25, 0.3) is 0 Å². The fraction of sp³-hybridized carbons (Fsp3) is 0.909. The first-order valence-electron chi connectivity index (χ1n) is 5.32. The SMILES string of the molecule is C/C(CCCN(C)C)=N/OCC(C)C. The van der Waals surface area contributed by atoms with Crippen molar-refractivity contribution < 1.29 is 4.84 Å². The quantitative estimate of drug-likeness (QED) is 0.465. The highest BCUT2D eigenvalue weighted by molar-refractivity contribution is 5.81. The molecule has 0 atom stereocenters. The molecule has 0 unspecified atom stereocenters. The molecule has 0 aliphatic heterocycles. The standard InChI is InChI=1S/C11H24N2O/c1-10(2)9-14-12-11(3)7-6-8-13(4)5/h10H,6-9H2,1-5H3/b12-11-. The van der Waals surface area contributed by atoms with Crippen LogP contribution in [0.25, 0.3) is 0 Å². The van der Waals surface area contributed by atoms with E-state index in [1.807, 2.05) is 6.92 Å². The van der Waals surface area contributed by atoms with Gasteiger partial charge in [0, 0.05) is 0 Å². The highest BCUT2D eigenvalue weighted by Gasteiger charge is 1.96. The van der Waals surface area contributed by atoms with Crippen LogP contribution in [0, 0.1) is 5.92 Å². The minimum absolute atomic E-state index is 0.549. The molecule has 3 nitrogen and oxygen atoms in total. The molecule has 0 aromatic heterocycles. The Morgan fingerprint density at radius 3 is 2.50 bits per heavy atom. The van der Waals surface area contributed by atoms with Crippen LogP contribution in [0.5, 0.6) is 0 Å². The van der Waals surface area contributed by atoms with E-state index in [1.54, 1.807) is 0 Å². The zero-order valence-corrected chi connectivity index (χ0v) is 10.2. The Bertz CT molecular complexity index is 165. The maximum Gasteiger partial charge on any atom is 0.119 e. The van der Waals surface area contributed by atoms with Crippen LogP contribution in [-0.4, -0.2) is 37.9 Å². The van der Waals surface area contributed by atoms with Crippen molar-refractivity contribution in [1.29, 1.82) is 0 Å². The lowest BCUT2D eigenvalue weighted by Gasteiger charge is -2.08. The molecule has 3 heteroatoms. The Labute approximate surface area is 88.1 Å². The molecule has 0 heterocycles. The summed E-state index contributed by atoms with van der Waals surface area (Å²) in [5.41, 5.74) is 1.09. The summed E-state index contributed by atoms with van der Waals surface area (Å²) < 4.78 is 0. The molecule has 0 rings (SSSR count). The minimum Gasteiger partial charge on any atom is -0.396 e. The van der Waals surface area contributed by atoms with Crippen LogP contribution < -0.4 is 0 Å². The number of oxime groups is 1. The Hall–Kier alpha value is -0.570. The van der Waals surface area contributed by atoms with Crippen molar-refractivity contribution in [3.8, 4) is 0 Å². The smallest absolute Gasteiger partial charge is 0.119 e. The third-order valence-electron chi connectivity index (χ3n) is 1.77. The van der Waals surface area contributed by atoms with E-state index in [9.17, 15) is 0 Å². The summed E-state index contributed by atoms with van der Waals surface area (Å²) in [5.74, 6) is 0.549. The highest BCUT2D eigenvalue weighted by atomic mass is 16.6. The van der Waals surface area contributed by atoms with E-state index >= 15 is 0 Å². The largest absolute Gasteiger partial charge is 0.396 e. The second-order valence-electron chi connectivity index (χ2n) is 4.42. The van der Waals surface area contributed by atoms with Gasteiger partial charge in [0.1, 0.15) is 6.61 Å². The molecule has 0 aliphatic rings. The third kappa shape index (κ3) is 9.52. The number of rotatable bonds is 7. The molecule has 14 heavy (non-hydrogen) atoms. The maximum absolute atomic E-state index is 5.19. The average Bonchev–Trinajstić information content (AvgIpc) is 2.02. The van der Waals surface area contributed by atoms with Crippen molar-refractivity contribution in [2.75, 3.05) is 27.2 Å². The normalized spacial score (nSPS) is 12.6. The van der Waals surface area contributed by atoms with Crippen LogP contribution in [0.3, 0.4) is 0 Å². The van der Waals surface area contributed by atoms with Crippen LogP contribution in [0.1, 0.15) is 33.6 Å². The lowest BCUT2D eigenvalue weighted by Crippen LogP contribution is -2.13. The molecular formula is C11H24N2O. The van der Waals surface area contributed by atoms with E-state index < -0.39 is 0 Å². The van der Waals surface area contributed by atoms with Crippen molar-refractivity contribution >= 4 is 5.71 Å². The van der Waals surface area contributed by atoms with Crippen LogP contribution in [0.2, 0.25) is 0 Å². The maximum atomic E-state index is 5.19. The Morgan fingerprint density at radius 1 is 1.36 bits per heavy atom. The van der Waals surface area contributed by atoms with Gasteiger partial charge in [-0.25, -0.2) is 0 Å². The molecule has 0 radical (unpaired) electrons. The molecule has 0 amide bonds. The molecule has 0 aromatic carbocycles. The Kier molecular flexibility index (Phi) is 7.48. The van der Waals surface area contributed by atoms with E-state index in [0.29, 0.717) is 12.5 Å². The Balaban J connectivity index is 3.47. The van der Waals surface area contributed by atoms with Gasteiger partial charge in [0.05, 0.1) is 5.71 Å². The summed E-state index contributed by atoms with van der Waals surface area (Å²) in [7, 11) is 4.17. The molecule has 0 fully saturated rings. The Morgan fingerprint density at radius 2 is 2.00 bits per heavy atom. The molecule has 0 aliphatic carbocycles. The van der Waals surface area contributed by atoms with E-state index in [-0.39, 0.29) is 0 Å². The van der Waals surface area contributed by atoms with Gasteiger partial charge in [-0.15, -0.1) is 0 Å². The van der Waals surface area contributed by atoms with Crippen molar-refractivity contribution in [3.63, 3.8) is 0 Å². The zero-order chi connectivity index (χ0) is 11.0. The molecule has 0 spiro atoms. The van der Waals surface area contributed by atoms with Gasteiger partial charge < -0.3 is 9.74 Å². The van der Waals surface area contributed by atoms with Crippen molar-refractivity contribution in [1.82, 2.24) is 4.90 Å². The molecule has 0 aromatic rings. The minimum atomic E-state index is 0.549. The monoisotopic (exact) mass is 200 g/mol. The fourth-order valence-corrected chi connectivity index (χ4v) is 0.993. The molecule has 0 N–H and O–H groups in total. The van der Waals surface area contributed by atoms with E-state index in [1.165, 1.54) is 0 Å². The zero-order valence-electron chi connectivity index (χ0n) is 10.2. The topological polar surface area (TPSA) is 24.8 Å². The van der Waals surface area contributed by atoms with Gasteiger partial charge in [0.2, 0.25) is 0 Å². The predicted octanol–water partition coefficient (Wildman–Crippen LogP) is 2.38. The van der Waals surface area contributed by atoms with Crippen LogP contribution in [0.4, 0.5) is 0 Å². The van der Waals surface area contributed by atoms with Gasteiger partial charge in [0.15, 0.2) is 0 Å². The summed E-state index contributed by atoms with van der Waals surface area (Å²) in [5, 5.41) is 4.06. The van der Waals surface area contributed by atoms with Gasteiger partial charge in [-0.1, -0.05) is 19.0 Å². The van der Waals surface area contributed by atoms with Crippen LogP contribution in [-0.2, 0) is 4.84 Å². The fourth-order valence-electron chi connectivity index (χ4n) is 0.993.